The summed E-state index contributed by atoms with van der Waals surface area (Å²) in [5.41, 5.74) is 0. The van der Waals surface area contributed by atoms with Crippen LogP contribution in [-0.4, -0.2) is 51.3 Å². The zero-order chi connectivity index (χ0) is 10.3. The van der Waals surface area contributed by atoms with Crippen molar-refractivity contribution in [2.45, 2.75) is 0 Å². The summed E-state index contributed by atoms with van der Waals surface area (Å²) in [7, 11) is 0. The molecule has 13 nitrogen and oxygen atoms in total. The normalized spacial score (nSPS) is 4.19. The van der Waals surface area contributed by atoms with Gasteiger partial charge in [0.05, 0.1) is 23.9 Å². The molecule has 0 aromatic carbocycles. The van der Waals surface area contributed by atoms with Crippen molar-refractivity contribution in [1.82, 2.24) is 0 Å². The van der Waals surface area contributed by atoms with Gasteiger partial charge in [-0.15, -0.1) is 0 Å². The molecular weight excluding hydrogens is 412 g/mol. The van der Waals surface area contributed by atoms with Crippen molar-refractivity contribution < 1.29 is 273 Å². The van der Waals surface area contributed by atoms with Crippen LogP contribution in [0.25, 0.3) is 0 Å². The van der Waals surface area contributed by atoms with Gasteiger partial charge in [0, 0.05) is 0 Å². The first-order chi connectivity index (χ1) is 5.29. The van der Waals surface area contributed by atoms with E-state index in [1.807, 2.05) is 0 Å². The monoisotopic (exact) mass is 422 g/mol. The molecule has 0 aliphatic heterocycles. The number of rotatable bonds is 0. The Labute approximate surface area is 288 Å². The number of carboxylic acid groups (broad SMARTS) is 4. The van der Waals surface area contributed by atoms with E-state index in [2.05, 4.69) is 0 Å². The number of hydrogen-bond acceptors (Lipinski definition) is 8. The van der Waals surface area contributed by atoms with E-state index in [9.17, 15) is 0 Å². The smallest absolute Gasteiger partial charge is 0.543 e. The molecule has 108 valence electrons. The molecule has 0 saturated carbocycles. The van der Waals surface area contributed by atoms with E-state index in [4.69, 9.17) is 39.6 Å². The van der Waals surface area contributed by atoms with Crippen LogP contribution in [0.15, 0.2) is 0 Å². The molecule has 17 heteroatoms. The maximum Gasteiger partial charge on any atom is 1.00 e. The van der Waals surface area contributed by atoms with Gasteiger partial charge in [-0.05, 0) is 0 Å². The molecule has 10 N–H and O–H groups in total. The Bertz CT molecular complexity index is 184. The van der Waals surface area contributed by atoms with E-state index in [0.29, 0.717) is 0 Å². The minimum absolute atomic E-state index is 0. The van der Waals surface area contributed by atoms with Gasteiger partial charge in [0.25, 0.3) is 0 Å². The third kappa shape index (κ3) is 80.1. The SMILES string of the molecule is O.O.O.O.O.O=C([O-])C(=O)[O-].O=C([O-])C(=O)[O-].[K+].[K+].[K+].[K+]. The van der Waals surface area contributed by atoms with Crippen molar-refractivity contribution in [2.75, 3.05) is 0 Å². The second kappa shape index (κ2) is 49.6. The number of carbonyl (C=O) groups excluding carboxylic acids is 4. The van der Waals surface area contributed by atoms with Gasteiger partial charge >= 0.3 is 206 Å². The van der Waals surface area contributed by atoms with Crippen LogP contribution in [0.1, 0.15) is 0 Å². The molecule has 0 saturated heterocycles. The molecule has 0 bridgehead atoms. The van der Waals surface area contributed by atoms with Crippen LogP contribution in [-0.2, 0) is 19.2 Å². The quantitative estimate of drug-likeness (QED) is 0.265. The van der Waals surface area contributed by atoms with Crippen LogP contribution < -0.4 is 226 Å². The largest absolute Gasteiger partial charge is 1.00 e. The topological polar surface area (TPSA) is 318 Å². The zero-order valence-electron chi connectivity index (χ0n) is 11.8. The molecule has 0 aromatic heterocycles. The molecule has 0 amide bonds. The number of carboxylic acids is 4. The van der Waals surface area contributed by atoms with Crippen LogP contribution in [0, 0.1) is 0 Å². The van der Waals surface area contributed by atoms with Gasteiger partial charge in [-0.2, -0.15) is 0 Å². The molecule has 0 radical (unpaired) electrons. The van der Waals surface area contributed by atoms with Crippen LogP contribution in [0.2, 0.25) is 0 Å². The Morgan fingerprint density at radius 2 is 0.429 bits per heavy atom. The molecule has 21 heavy (non-hydrogen) atoms. The van der Waals surface area contributed by atoms with Crippen molar-refractivity contribution in [2.24, 2.45) is 0 Å². The summed E-state index contributed by atoms with van der Waals surface area (Å²) in [5.74, 6) is -8.74. The second-order valence-corrected chi connectivity index (χ2v) is 1.15. The van der Waals surface area contributed by atoms with E-state index in [-0.39, 0.29) is 233 Å². The minimum atomic E-state index is -2.19. The van der Waals surface area contributed by atoms with E-state index in [0.717, 1.165) is 0 Å². The van der Waals surface area contributed by atoms with Crippen molar-refractivity contribution in [1.29, 1.82) is 0 Å². The molecule has 0 atom stereocenters. The molecule has 0 rings (SSSR count). The van der Waals surface area contributed by atoms with Crippen molar-refractivity contribution in [3.8, 4) is 0 Å². The van der Waals surface area contributed by atoms with Crippen molar-refractivity contribution >= 4 is 23.9 Å². The van der Waals surface area contributed by atoms with Gasteiger partial charge in [0.15, 0.2) is 0 Å². The molecule has 0 unspecified atom stereocenters. The Morgan fingerprint density at radius 3 is 0.429 bits per heavy atom. The Balaban J connectivity index is -0.00000000741. The zero-order valence-corrected chi connectivity index (χ0v) is 24.3. The van der Waals surface area contributed by atoms with Crippen LogP contribution in [0.4, 0.5) is 0 Å². The van der Waals surface area contributed by atoms with Gasteiger partial charge in [-0.3, -0.25) is 0 Å². The maximum atomic E-state index is 8.93. The number of carbonyl (C=O) groups is 4. The first kappa shape index (κ1) is 73.2. The summed E-state index contributed by atoms with van der Waals surface area (Å²) in [5, 5.41) is 35.7. The van der Waals surface area contributed by atoms with Gasteiger partial charge in [0.1, 0.15) is 0 Å². The summed E-state index contributed by atoms with van der Waals surface area (Å²) in [4.78, 5) is 35.7. The Kier molecular flexibility index (Phi) is 173. The molecule has 0 fully saturated rings. The second-order valence-electron chi connectivity index (χ2n) is 1.15. The summed E-state index contributed by atoms with van der Waals surface area (Å²) < 4.78 is 0. The van der Waals surface area contributed by atoms with E-state index < -0.39 is 23.9 Å². The minimum Gasteiger partial charge on any atom is -0.543 e. The summed E-state index contributed by atoms with van der Waals surface area (Å²) in [6, 6.07) is 0. The fourth-order valence-corrected chi connectivity index (χ4v) is 0. The van der Waals surface area contributed by atoms with Gasteiger partial charge < -0.3 is 67.0 Å². The van der Waals surface area contributed by atoms with E-state index in [1.165, 1.54) is 0 Å². The Morgan fingerprint density at radius 1 is 0.381 bits per heavy atom. The molecule has 0 heterocycles. The first-order valence-corrected chi connectivity index (χ1v) is 2.13. The maximum absolute atomic E-state index is 8.93. The van der Waals surface area contributed by atoms with Crippen LogP contribution >= 0.6 is 0 Å². The molecule has 0 spiro atoms. The predicted molar refractivity (Wildman–Crippen MR) is 38.1 cm³/mol. The fraction of sp³-hybridized carbons (Fsp3) is 0. The van der Waals surface area contributed by atoms with Gasteiger partial charge in [-0.1, -0.05) is 0 Å². The number of aliphatic carboxylic acids is 4. The summed E-state index contributed by atoms with van der Waals surface area (Å²) in [6.45, 7) is 0. The van der Waals surface area contributed by atoms with Crippen LogP contribution in [0.5, 0.6) is 0 Å². The number of hydrogen-bond donors (Lipinski definition) is 0. The predicted octanol–water partition coefficient (Wildman–Crippen LogP) is -23.1. The van der Waals surface area contributed by atoms with Crippen molar-refractivity contribution in [3.05, 3.63) is 0 Å². The average Bonchev–Trinajstić information content (AvgIpc) is 1.88. The molecule has 0 aliphatic carbocycles. The van der Waals surface area contributed by atoms with Crippen molar-refractivity contribution in [3.63, 3.8) is 0 Å². The fourth-order valence-electron chi connectivity index (χ4n) is 0. The van der Waals surface area contributed by atoms with Gasteiger partial charge in [0.2, 0.25) is 0 Å². The third-order valence-electron chi connectivity index (χ3n) is 0.333. The van der Waals surface area contributed by atoms with E-state index in [1.54, 1.807) is 0 Å². The summed E-state index contributed by atoms with van der Waals surface area (Å²) in [6.07, 6.45) is 0. The van der Waals surface area contributed by atoms with Crippen LogP contribution in [0.3, 0.4) is 0 Å². The molecular formula is C4H10K4O13. The van der Waals surface area contributed by atoms with E-state index >= 15 is 0 Å². The first-order valence-electron chi connectivity index (χ1n) is 2.13. The molecule has 0 aliphatic rings. The Hall–Kier alpha value is 4.23. The summed E-state index contributed by atoms with van der Waals surface area (Å²) >= 11 is 0. The van der Waals surface area contributed by atoms with Gasteiger partial charge in [-0.25, -0.2) is 0 Å². The third-order valence-corrected chi connectivity index (χ3v) is 0.333. The molecule has 0 aromatic rings. The standard InChI is InChI=1S/2C2H2O4.4K.5H2O/c2*3-1(4)2(5)6;;;;;;;;;/h2*(H,3,4)(H,5,6);;;;;5*1H2/q;;4*+1;;;;;/p-4. The average molecular weight is 423 g/mol.